The van der Waals surface area contributed by atoms with E-state index in [9.17, 15) is 9.59 Å². The molecule has 4 aromatic carbocycles. The number of rotatable bonds is 8. The van der Waals surface area contributed by atoms with E-state index < -0.39 is 6.10 Å². The molecule has 5 rings (SSSR count). The van der Waals surface area contributed by atoms with Crippen molar-refractivity contribution in [3.05, 3.63) is 126 Å². The molecule has 0 fully saturated rings. The predicted molar refractivity (Wildman–Crippen MR) is 147 cm³/mol. The number of amides is 2. The maximum atomic E-state index is 13.2. The molecular weight excluding hydrogens is 460 g/mol. The number of nitrogens with zero attached hydrogens (tertiary/aromatic N) is 1. The highest BCUT2D eigenvalue weighted by Gasteiger charge is 2.31. The summed E-state index contributed by atoms with van der Waals surface area (Å²) < 4.78 is 5.86. The number of anilines is 2. The van der Waals surface area contributed by atoms with Gasteiger partial charge in [-0.3, -0.25) is 9.59 Å². The van der Waals surface area contributed by atoms with E-state index in [-0.39, 0.29) is 17.7 Å². The lowest BCUT2D eigenvalue weighted by molar-refractivity contribution is -0.125. The van der Waals surface area contributed by atoms with E-state index in [0.29, 0.717) is 30.1 Å². The summed E-state index contributed by atoms with van der Waals surface area (Å²) in [6, 6.07) is 35.7. The van der Waals surface area contributed by atoms with E-state index in [1.807, 2.05) is 72.8 Å². The molecule has 0 aliphatic carbocycles. The molecule has 4 aromatic rings. The largest absolute Gasteiger partial charge is 0.479 e. The Morgan fingerprint density at radius 3 is 2.08 bits per heavy atom. The molecule has 0 spiro atoms. The lowest BCUT2D eigenvalue weighted by atomic mass is 9.88. The summed E-state index contributed by atoms with van der Waals surface area (Å²) in [6.45, 7) is 2.30. The number of benzene rings is 4. The van der Waals surface area contributed by atoms with Crippen LogP contribution in [-0.2, 0) is 16.0 Å². The third-order valence-corrected chi connectivity index (χ3v) is 6.71. The lowest BCUT2D eigenvalue weighted by Crippen LogP contribution is -2.45. The zero-order chi connectivity index (χ0) is 25.6. The fraction of sp³-hybridized carbons (Fsp3) is 0.188. The Hall–Kier alpha value is -4.38. The van der Waals surface area contributed by atoms with Gasteiger partial charge in [-0.1, -0.05) is 91.0 Å². The maximum Gasteiger partial charge on any atom is 0.267 e. The van der Waals surface area contributed by atoms with Gasteiger partial charge >= 0.3 is 0 Å². The lowest BCUT2D eigenvalue weighted by Gasteiger charge is -2.33. The number of ether oxygens (including phenoxy) is 1. The Labute approximate surface area is 217 Å². The van der Waals surface area contributed by atoms with Gasteiger partial charge < -0.3 is 15.0 Å². The molecule has 0 bridgehead atoms. The molecule has 1 unspecified atom stereocenters. The van der Waals surface area contributed by atoms with Crippen LogP contribution in [-0.4, -0.2) is 24.5 Å². The van der Waals surface area contributed by atoms with Gasteiger partial charge in [0.05, 0.1) is 5.69 Å². The number of carbonyl (C=O) groups excluding carboxylic acids is 2. The number of nitrogens with one attached hydrogen (secondary N) is 1. The Morgan fingerprint density at radius 1 is 0.865 bits per heavy atom. The van der Waals surface area contributed by atoms with Gasteiger partial charge in [0, 0.05) is 24.6 Å². The van der Waals surface area contributed by atoms with Crippen LogP contribution >= 0.6 is 0 Å². The Bertz CT molecular complexity index is 1320. The first-order valence-corrected chi connectivity index (χ1v) is 12.6. The van der Waals surface area contributed by atoms with E-state index in [1.165, 1.54) is 0 Å². The van der Waals surface area contributed by atoms with Crippen molar-refractivity contribution in [2.45, 2.75) is 31.8 Å². The molecule has 0 aromatic heterocycles. The highest BCUT2D eigenvalue weighted by atomic mass is 16.5. The second-order valence-corrected chi connectivity index (χ2v) is 9.29. The van der Waals surface area contributed by atoms with Crippen molar-refractivity contribution in [3.8, 4) is 5.75 Å². The zero-order valence-electron chi connectivity index (χ0n) is 20.8. The quantitative estimate of drug-likeness (QED) is 0.320. The predicted octanol–water partition coefficient (Wildman–Crippen LogP) is 6.20. The third-order valence-electron chi connectivity index (χ3n) is 6.71. The van der Waals surface area contributed by atoms with Crippen LogP contribution in [0, 0.1) is 0 Å². The smallest absolute Gasteiger partial charge is 0.267 e. The van der Waals surface area contributed by atoms with Crippen molar-refractivity contribution in [2.75, 3.05) is 16.8 Å². The highest BCUT2D eigenvalue weighted by molar-refractivity contribution is 6.01. The average molecular weight is 491 g/mol. The monoisotopic (exact) mass is 490 g/mol. The van der Waals surface area contributed by atoms with Crippen molar-refractivity contribution in [2.24, 2.45) is 0 Å². The van der Waals surface area contributed by atoms with Gasteiger partial charge in [0.2, 0.25) is 5.91 Å². The fourth-order valence-corrected chi connectivity index (χ4v) is 4.80. The summed E-state index contributed by atoms with van der Waals surface area (Å²) in [5.41, 5.74) is 4.66. The van der Waals surface area contributed by atoms with Gasteiger partial charge in [0.1, 0.15) is 5.75 Å². The molecule has 37 heavy (non-hydrogen) atoms. The molecule has 1 aliphatic heterocycles. The molecule has 1 aliphatic rings. The van der Waals surface area contributed by atoms with Crippen LogP contribution < -0.4 is 15.0 Å². The van der Waals surface area contributed by atoms with E-state index >= 15 is 0 Å². The SMILES string of the molecule is CC1Oc2ccc(NC(=O)CC(c3ccccc3)c3ccccc3)cc2N(CCc2ccccc2)C1=O. The third kappa shape index (κ3) is 5.72. The van der Waals surface area contributed by atoms with Crippen LogP contribution in [0.2, 0.25) is 0 Å². The van der Waals surface area contributed by atoms with Crippen LogP contribution in [0.1, 0.15) is 36.0 Å². The normalized spacial score (nSPS) is 14.7. The molecule has 1 N–H and O–H groups in total. The molecule has 1 atom stereocenters. The Kier molecular flexibility index (Phi) is 7.31. The summed E-state index contributed by atoms with van der Waals surface area (Å²) in [7, 11) is 0. The van der Waals surface area contributed by atoms with Crippen molar-refractivity contribution < 1.29 is 14.3 Å². The van der Waals surface area contributed by atoms with Crippen LogP contribution in [0.25, 0.3) is 0 Å². The Morgan fingerprint density at radius 2 is 1.46 bits per heavy atom. The molecular formula is C32H30N2O3. The second kappa shape index (κ2) is 11.1. The van der Waals surface area contributed by atoms with Gasteiger partial charge in [-0.05, 0) is 48.2 Å². The van der Waals surface area contributed by atoms with E-state index in [1.54, 1.807) is 11.8 Å². The Balaban J connectivity index is 1.35. The van der Waals surface area contributed by atoms with E-state index in [2.05, 4.69) is 41.7 Å². The standard InChI is InChI=1S/C32H30N2O3/c1-23-32(36)34(20-19-24-11-5-2-6-12-24)29-21-27(17-18-30(29)37-23)33-31(35)22-28(25-13-7-3-8-14-25)26-15-9-4-10-16-26/h2-18,21,23,28H,19-20,22H2,1H3,(H,33,35). The zero-order valence-corrected chi connectivity index (χ0v) is 20.8. The number of fused-ring (bicyclic) bond motifs is 1. The van der Waals surface area contributed by atoms with Gasteiger partial charge in [-0.15, -0.1) is 0 Å². The van der Waals surface area contributed by atoms with Gasteiger partial charge in [0.25, 0.3) is 5.91 Å². The molecule has 0 saturated carbocycles. The molecule has 0 radical (unpaired) electrons. The molecule has 5 heteroatoms. The van der Waals surface area contributed by atoms with Crippen LogP contribution in [0.4, 0.5) is 11.4 Å². The van der Waals surface area contributed by atoms with Crippen LogP contribution in [0.5, 0.6) is 5.75 Å². The van der Waals surface area contributed by atoms with E-state index in [0.717, 1.165) is 23.1 Å². The van der Waals surface area contributed by atoms with Crippen molar-refractivity contribution in [1.82, 2.24) is 0 Å². The molecule has 1 heterocycles. The van der Waals surface area contributed by atoms with Gasteiger partial charge in [0.15, 0.2) is 6.10 Å². The first-order chi connectivity index (χ1) is 18.1. The topological polar surface area (TPSA) is 58.6 Å². The summed E-state index contributed by atoms with van der Waals surface area (Å²) >= 11 is 0. The second-order valence-electron chi connectivity index (χ2n) is 9.29. The van der Waals surface area contributed by atoms with Crippen LogP contribution in [0.3, 0.4) is 0 Å². The summed E-state index contributed by atoms with van der Waals surface area (Å²) in [5.74, 6) is 0.405. The minimum Gasteiger partial charge on any atom is -0.479 e. The minimum absolute atomic E-state index is 0.0619. The molecule has 5 nitrogen and oxygen atoms in total. The summed E-state index contributed by atoms with van der Waals surface area (Å²) in [5, 5.41) is 3.05. The maximum absolute atomic E-state index is 13.2. The van der Waals surface area contributed by atoms with Crippen molar-refractivity contribution in [1.29, 1.82) is 0 Å². The fourth-order valence-electron chi connectivity index (χ4n) is 4.80. The van der Waals surface area contributed by atoms with Gasteiger partial charge in [-0.25, -0.2) is 0 Å². The number of hydrogen-bond donors (Lipinski definition) is 1. The number of hydrogen-bond acceptors (Lipinski definition) is 3. The molecule has 186 valence electrons. The van der Waals surface area contributed by atoms with Crippen molar-refractivity contribution in [3.63, 3.8) is 0 Å². The van der Waals surface area contributed by atoms with Crippen molar-refractivity contribution >= 4 is 23.2 Å². The summed E-state index contributed by atoms with van der Waals surface area (Å²) in [4.78, 5) is 28.0. The summed E-state index contributed by atoms with van der Waals surface area (Å²) in [6.07, 6.45) is 0.474. The first-order valence-electron chi connectivity index (χ1n) is 12.6. The highest BCUT2D eigenvalue weighted by Crippen LogP contribution is 2.37. The first kappa shape index (κ1) is 24.3. The number of carbonyl (C=O) groups is 2. The molecule has 2 amide bonds. The van der Waals surface area contributed by atoms with Crippen LogP contribution in [0.15, 0.2) is 109 Å². The minimum atomic E-state index is -0.554. The van der Waals surface area contributed by atoms with Gasteiger partial charge in [-0.2, -0.15) is 0 Å². The van der Waals surface area contributed by atoms with E-state index in [4.69, 9.17) is 4.74 Å². The molecule has 0 saturated heterocycles. The average Bonchev–Trinajstić information content (AvgIpc) is 2.94.